The van der Waals surface area contributed by atoms with Crippen molar-refractivity contribution in [3.05, 3.63) is 63.5 Å². The largest absolute Gasteiger partial charge is 0.507 e. The van der Waals surface area contributed by atoms with Crippen molar-refractivity contribution in [1.82, 2.24) is 5.32 Å². The quantitative estimate of drug-likeness (QED) is 0.705. The number of aromatic hydroxyl groups is 1. The highest BCUT2D eigenvalue weighted by atomic mass is 16.5. The third-order valence-corrected chi connectivity index (χ3v) is 4.81. The number of rotatable bonds is 3. The van der Waals surface area contributed by atoms with Crippen molar-refractivity contribution in [3.63, 3.8) is 0 Å². The average Bonchev–Trinajstić information content (AvgIpc) is 2.67. The van der Waals surface area contributed by atoms with Gasteiger partial charge in [-0.1, -0.05) is 12.1 Å². The molecule has 1 aliphatic rings. The van der Waals surface area contributed by atoms with E-state index in [1.54, 1.807) is 38.5 Å². The second-order valence-corrected chi connectivity index (χ2v) is 6.19. The minimum absolute atomic E-state index is 0.0583. The van der Waals surface area contributed by atoms with E-state index in [1.807, 2.05) is 12.1 Å². The summed E-state index contributed by atoms with van der Waals surface area (Å²) in [6.07, 6.45) is 0.784. The molecule has 0 saturated carbocycles. The summed E-state index contributed by atoms with van der Waals surface area (Å²) in [7, 11) is 3.16. The van der Waals surface area contributed by atoms with Crippen LogP contribution in [-0.4, -0.2) is 25.9 Å². The lowest BCUT2D eigenvalue weighted by Gasteiger charge is -2.28. The molecule has 2 N–H and O–H groups in total. The number of ether oxygens (including phenoxy) is 2. The van der Waals surface area contributed by atoms with E-state index in [1.165, 1.54) is 0 Å². The summed E-state index contributed by atoms with van der Waals surface area (Å²) in [5.74, 6) is 1.16. The third kappa shape index (κ3) is 2.50. The Morgan fingerprint density at radius 3 is 2.65 bits per heavy atom. The maximum Gasteiger partial charge on any atom is 0.345 e. The van der Waals surface area contributed by atoms with Crippen molar-refractivity contribution in [1.29, 1.82) is 0 Å². The number of methoxy groups -OCH3 is 2. The maximum atomic E-state index is 12.6. The molecule has 3 aromatic rings. The molecule has 1 aliphatic heterocycles. The first-order valence-corrected chi connectivity index (χ1v) is 8.37. The minimum atomic E-state index is -0.554. The summed E-state index contributed by atoms with van der Waals surface area (Å²) in [6, 6.07) is 10.2. The number of benzene rings is 2. The standard InChI is InChI=1S/C20H19NO5/c1-24-15-9-11-7-8-21-18(13(11)10-16(15)25-2)17-19(22)12-5-3-4-6-14(12)26-20(17)23/h3-6,9-10,18,21-22H,7-8H2,1-2H3/t18-/m0/s1. The van der Waals surface area contributed by atoms with Crippen LogP contribution in [0, 0.1) is 0 Å². The van der Waals surface area contributed by atoms with Gasteiger partial charge in [0, 0.05) is 6.54 Å². The number of nitrogens with one attached hydrogen (secondary N) is 1. The van der Waals surface area contributed by atoms with Crippen LogP contribution in [0.4, 0.5) is 0 Å². The molecule has 6 heteroatoms. The molecule has 0 bridgehead atoms. The second kappa shape index (κ2) is 6.38. The van der Waals surface area contributed by atoms with Crippen LogP contribution >= 0.6 is 0 Å². The van der Waals surface area contributed by atoms with Gasteiger partial charge in [0.25, 0.3) is 0 Å². The fourth-order valence-corrected chi connectivity index (χ4v) is 3.54. The fourth-order valence-electron chi connectivity index (χ4n) is 3.54. The molecular weight excluding hydrogens is 334 g/mol. The van der Waals surface area contributed by atoms with Gasteiger partial charge in [-0.15, -0.1) is 0 Å². The summed E-state index contributed by atoms with van der Waals surface area (Å²) in [6.45, 7) is 0.666. The van der Waals surface area contributed by atoms with Crippen LogP contribution in [0.3, 0.4) is 0 Å². The highest BCUT2D eigenvalue weighted by Crippen LogP contribution is 2.40. The zero-order chi connectivity index (χ0) is 18.3. The molecule has 26 heavy (non-hydrogen) atoms. The van der Waals surface area contributed by atoms with Crippen LogP contribution in [0.2, 0.25) is 0 Å². The maximum absolute atomic E-state index is 12.6. The van der Waals surface area contributed by atoms with E-state index in [0.29, 0.717) is 29.0 Å². The average molecular weight is 353 g/mol. The summed E-state index contributed by atoms with van der Waals surface area (Å²) in [5.41, 5.74) is 1.92. The number of para-hydroxylation sites is 1. The van der Waals surface area contributed by atoms with E-state index in [4.69, 9.17) is 13.9 Å². The lowest BCUT2D eigenvalue weighted by Crippen LogP contribution is -2.33. The Hall–Kier alpha value is -2.99. The number of hydrogen-bond acceptors (Lipinski definition) is 6. The Labute approximate surface area is 150 Å². The molecule has 134 valence electrons. The van der Waals surface area contributed by atoms with E-state index < -0.39 is 11.7 Å². The first-order valence-electron chi connectivity index (χ1n) is 8.37. The Kier molecular flexibility index (Phi) is 4.05. The Bertz CT molecular complexity index is 1040. The summed E-state index contributed by atoms with van der Waals surface area (Å²) >= 11 is 0. The molecule has 0 fully saturated rings. The van der Waals surface area contributed by atoms with Gasteiger partial charge >= 0.3 is 5.63 Å². The molecule has 1 aromatic heterocycles. The number of fused-ring (bicyclic) bond motifs is 2. The van der Waals surface area contributed by atoms with Crippen molar-refractivity contribution >= 4 is 11.0 Å². The Morgan fingerprint density at radius 2 is 1.88 bits per heavy atom. The molecule has 0 radical (unpaired) electrons. The van der Waals surface area contributed by atoms with Crippen molar-refractivity contribution < 1.29 is 19.0 Å². The van der Waals surface area contributed by atoms with Crippen molar-refractivity contribution in [2.24, 2.45) is 0 Å². The van der Waals surface area contributed by atoms with E-state index in [-0.39, 0.29) is 11.3 Å². The summed E-state index contributed by atoms with van der Waals surface area (Å²) < 4.78 is 16.2. The first kappa shape index (κ1) is 16.5. The lowest BCUT2D eigenvalue weighted by molar-refractivity contribution is 0.352. The zero-order valence-electron chi connectivity index (χ0n) is 14.5. The molecule has 2 aromatic carbocycles. The predicted octanol–water partition coefficient (Wildman–Crippen LogP) is 2.75. The van der Waals surface area contributed by atoms with Crippen LogP contribution in [0.25, 0.3) is 11.0 Å². The van der Waals surface area contributed by atoms with Gasteiger partial charge in [-0.3, -0.25) is 0 Å². The summed E-state index contributed by atoms with van der Waals surface area (Å²) in [4.78, 5) is 12.6. The molecule has 0 saturated heterocycles. The molecule has 0 aliphatic carbocycles. The van der Waals surface area contributed by atoms with Gasteiger partial charge in [0.1, 0.15) is 16.9 Å². The molecule has 0 amide bonds. The van der Waals surface area contributed by atoms with Gasteiger partial charge in [-0.25, -0.2) is 4.79 Å². The van der Waals surface area contributed by atoms with Crippen LogP contribution < -0.4 is 20.4 Å². The zero-order valence-corrected chi connectivity index (χ0v) is 14.5. The Morgan fingerprint density at radius 1 is 1.15 bits per heavy atom. The molecule has 2 heterocycles. The van der Waals surface area contributed by atoms with E-state index >= 15 is 0 Å². The van der Waals surface area contributed by atoms with Gasteiger partial charge in [-0.2, -0.15) is 0 Å². The van der Waals surface area contributed by atoms with Crippen LogP contribution in [0.5, 0.6) is 17.2 Å². The molecular formula is C20H19NO5. The van der Waals surface area contributed by atoms with Gasteiger partial charge in [0.2, 0.25) is 0 Å². The summed E-state index contributed by atoms with van der Waals surface area (Å²) in [5, 5.41) is 14.6. The molecule has 0 unspecified atom stereocenters. The first-order chi connectivity index (χ1) is 12.6. The van der Waals surface area contributed by atoms with Crippen molar-refractivity contribution in [2.45, 2.75) is 12.5 Å². The smallest absolute Gasteiger partial charge is 0.345 e. The van der Waals surface area contributed by atoms with Gasteiger partial charge in [-0.05, 0) is 41.8 Å². The lowest BCUT2D eigenvalue weighted by atomic mass is 9.89. The second-order valence-electron chi connectivity index (χ2n) is 6.19. The third-order valence-electron chi connectivity index (χ3n) is 4.81. The molecule has 0 spiro atoms. The topological polar surface area (TPSA) is 80.9 Å². The van der Waals surface area contributed by atoms with Crippen LogP contribution in [0.15, 0.2) is 45.6 Å². The fraction of sp³-hybridized carbons (Fsp3) is 0.250. The highest BCUT2D eigenvalue weighted by Gasteiger charge is 2.29. The van der Waals surface area contributed by atoms with Crippen LogP contribution in [0.1, 0.15) is 22.7 Å². The SMILES string of the molecule is COc1cc2c(cc1OC)[C@@H](c1c(O)c3ccccc3oc1=O)NCC2. The van der Waals surface area contributed by atoms with Crippen molar-refractivity contribution in [3.8, 4) is 17.2 Å². The van der Waals surface area contributed by atoms with Gasteiger partial charge in [0.15, 0.2) is 11.5 Å². The Balaban J connectivity index is 1.94. The monoisotopic (exact) mass is 353 g/mol. The van der Waals surface area contributed by atoms with Crippen molar-refractivity contribution in [2.75, 3.05) is 20.8 Å². The van der Waals surface area contributed by atoms with Crippen LogP contribution in [-0.2, 0) is 6.42 Å². The van der Waals surface area contributed by atoms with E-state index in [2.05, 4.69) is 5.32 Å². The predicted molar refractivity (Wildman–Crippen MR) is 97.2 cm³/mol. The molecule has 1 atom stereocenters. The van der Waals surface area contributed by atoms with E-state index in [0.717, 1.165) is 17.5 Å². The van der Waals surface area contributed by atoms with E-state index in [9.17, 15) is 9.90 Å². The molecule has 4 rings (SSSR count). The van der Waals surface area contributed by atoms with Gasteiger partial charge < -0.3 is 24.3 Å². The minimum Gasteiger partial charge on any atom is -0.507 e. The number of hydrogen-bond donors (Lipinski definition) is 2. The highest BCUT2D eigenvalue weighted by molar-refractivity contribution is 5.84. The normalized spacial score (nSPS) is 16.3. The molecule has 6 nitrogen and oxygen atoms in total. The van der Waals surface area contributed by atoms with Gasteiger partial charge in [0.05, 0.1) is 25.6 Å².